The van der Waals surface area contributed by atoms with Gasteiger partial charge in [0.05, 0.1) is 30.3 Å². The number of carbonyl (C=O) groups excluding carboxylic acids is 2. The van der Waals surface area contributed by atoms with Gasteiger partial charge in [-0.25, -0.2) is 9.78 Å². The van der Waals surface area contributed by atoms with Crippen LogP contribution in [0.1, 0.15) is 11.3 Å². The average molecular weight is 399 g/mol. The predicted molar refractivity (Wildman–Crippen MR) is 115 cm³/mol. The number of para-hydroxylation sites is 2. The molecule has 0 bridgehead atoms. The lowest BCUT2D eigenvalue weighted by Crippen LogP contribution is -2.43. The molecule has 0 aliphatic heterocycles. The van der Waals surface area contributed by atoms with Crippen molar-refractivity contribution in [3.05, 3.63) is 84.2 Å². The van der Waals surface area contributed by atoms with Gasteiger partial charge in [0.15, 0.2) is 0 Å². The van der Waals surface area contributed by atoms with Gasteiger partial charge in [-0.3, -0.25) is 9.78 Å². The number of fused-ring (bicyclic) bond motifs is 2. The number of aromatic nitrogens is 2. The van der Waals surface area contributed by atoms with Crippen LogP contribution in [0.2, 0.25) is 0 Å². The molecule has 0 aliphatic carbocycles. The van der Waals surface area contributed by atoms with E-state index in [1.54, 1.807) is 6.20 Å². The fourth-order valence-electron chi connectivity index (χ4n) is 3.42. The van der Waals surface area contributed by atoms with Crippen molar-refractivity contribution in [1.29, 1.82) is 0 Å². The number of carbonyl (C=O) groups is 2. The maximum Gasteiger partial charge on any atom is 0.328 e. The number of hydrogen-bond acceptors (Lipinski definition) is 5. The van der Waals surface area contributed by atoms with Gasteiger partial charge in [0.2, 0.25) is 5.91 Å². The quantitative estimate of drug-likeness (QED) is 0.504. The van der Waals surface area contributed by atoms with E-state index in [4.69, 9.17) is 4.74 Å². The van der Waals surface area contributed by atoms with Crippen LogP contribution in [0, 0.1) is 0 Å². The van der Waals surface area contributed by atoms with Gasteiger partial charge in [0.25, 0.3) is 0 Å². The van der Waals surface area contributed by atoms with Crippen molar-refractivity contribution in [3.63, 3.8) is 0 Å². The second kappa shape index (κ2) is 8.69. The minimum atomic E-state index is -0.835. The lowest BCUT2D eigenvalue weighted by Gasteiger charge is -2.16. The van der Waals surface area contributed by atoms with Gasteiger partial charge in [-0.15, -0.1) is 0 Å². The molecule has 1 atom stereocenters. The molecule has 4 aromatic rings. The van der Waals surface area contributed by atoms with Crippen LogP contribution >= 0.6 is 0 Å². The lowest BCUT2D eigenvalue weighted by atomic mass is 10.0. The molecule has 1 heterocycles. The van der Waals surface area contributed by atoms with Crippen LogP contribution in [0.5, 0.6) is 0 Å². The maximum absolute atomic E-state index is 12.6. The summed E-state index contributed by atoms with van der Waals surface area (Å²) in [5.74, 6) is -0.772. The fourth-order valence-corrected chi connectivity index (χ4v) is 3.42. The zero-order valence-electron chi connectivity index (χ0n) is 16.5. The van der Waals surface area contributed by atoms with Crippen molar-refractivity contribution in [2.75, 3.05) is 7.11 Å². The van der Waals surface area contributed by atoms with Crippen LogP contribution in [0.15, 0.2) is 72.9 Å². The second-order valence-electron chi connectivity index (χ2n) is 7.06. The normalized spacial score (nSPS) is 11.9. The molecule has 150 valence electrons. The number of methoxy groups -OCH3 is 1. The highest BCUT2D eigenvalue weighted by atomic mass is 16.5. The Morgan fingerprint density at radius 1 is 0.967 bits per heavy atom. The Hall–Kier alpha value is -3.80. The highest BCUT2D eigenvalue weighted by molar-refractivity contribution is 5.88. The number of esters is 1. The maximum atomic E-state index is 12.6. The third kappa shape index (κ3) is 4.43. The summed E-state index contributed by atoms with van der Waals surface area (Å²) in [5, 5.41) is 4.96. The minimum absolute atomic E-state index is 0.168. The van der Waals surface area contributed by atoms with E-state index in [1.807, 2.05) is 66.7 Å². The lowest BCUT2D eigenvalue weighted by molar-refractivity contribution is -0.145. The monoisotopic (exact) mass is 399 g/mol. The van der Waals surface area contributed by atoms with Gasteiger partial charge in [0.1, 0.15) is 6.04 Å². The number of hydrogen-bond donors (Lipinski definition) is 1. The Kier molecular flexibility index (Phi) is 5.66. The molecule has 3 aromatic carbocycles. The Labute approximate surface area is 173 Å². The van der Waals surface area contributed by atoms with Gasteiger partial charge < -0.3 is 10.1 Å². The van der Waals surface area contributed by atoms with Crippen molar-refractivity contribution in [3.8, 4) is 0 Å². The van der Waals surface area contributed by atoms with Gasteiger partial charge in [-0.1, -0.05) is 54.6 Å². The first-order valence-corrected chi connectivity index (χ1v) is 9.68. The summed E-state index contributed by atoms with van der Waals surface area (Å²) >= 11 is 0. The summed E-state index contributed by atoms with van der Waals surface area (Å²) < 4.78 is 4.88. The Bertz CT molecular complexity index is 1220. The van der Waals surface area contributed by atoms with Crippen LogP contribution in [-0.2, 0) is 27.2 Å². The third-order valence-corrected chi connectivity index (χ3v) is 4.91. The van der Waals surface area contributed by atoms with Gasteiger partial charge >= 0.3 is 5.97 Å². The van der Waals surface area contributed by atoms with Crippen LogP contribution in [0.3, 0.4) is 0 Å². The van der Waals surface area contributed by atoms with E-state index >= 15 is 0 Å². The number of benzene rings is 3. The molecular weight excluding hydrogens is 378 g/mol. The second-order valence-corrected chi connectivity index (χ2v) is 7.06. The van der Waals surface area contributed by atoms with E-state index in [0.29, 0.717) is 5.69 Å². The summed E-state index contributed by atoms with van der Waals surface area (Å²) in [6.07, 6.45) is 1.99. The molecule has 1 amide bonds. The summed E-state index contributed by atoms with van der Waals surface area (Å²) in [4.78, 5) is 33.8. The number of rotatable bonds is 6. The number of nitrogens with zero attached hydrogens (tertiary/aromatic N) is 2. The molecule has 0 aliphatic rings. The third-order valence-electron chi connectivity index (χ3n) is 4.91. The smallest absolute Gasteiger partial charge is 0.328 e. The number of amides is 1. The van der Waals surface area contributed by atoms with Gasteiger partial charge in [0, 0.05) is 12.6 Å². The SMILES string of the molecule is COC(=O)[C@@H](Cc1cnc2ccccc2n1)NC(=O)Cc1ccc2ccccc2c1. The molecule has 0 radical (unpaired) electrons. The Morgan fingerprint density at radius 2 is 1.70 bits per heavy atom. The summed E-state index contributed by atoms with van der Waals surface area (Å²) in [5.41, 5.74) is 2.99. The van der Waals surface area contributed by atoms with Crippen LogP contribution < -0.4 is 5.32 Å². The highest BCUT2D eigenvalue weighted by Crippen LogP contribution is 2.16. The molecule has 0 saturated carbocycles. The van der Waals surface area contributed by atoms with Crippen LogP contribution in [0.4, 0.5) is 0 Å². The van der Waals surface area contributed by atoms with Crippen LogP contribution in [-0.4, -0.2) is 35.0 Å². The molecule has 0 saturated heterocycles. The van der Waals surface area contributed by atoms with E-state index < -0.39 is 12.0 Å². The molecule has 0 unspecified atom stereocenters. The molecule has 0 fully saturated rings. The molecule has 6 heteroatoms. The van der Waals surface area contributed by atoms with Crippen molar-refractivity contribution < 1.29 is 14.3 Å². The largest absolute Gasteiger partial charge is 0.467 e. The zero-order chi connectivity index (χ0) is 20.9. The van der Waals surface area contributed by atoms with E-state index in [1.165, 1.54) is 7.11 Å². The van der Waals surface area contributed by atoms with E-state index in [0.717, 1.165) is 27.4 Å². The van der Waals surface area contributed by atoms with Crippen molar-refractivity contribution >= 4 is 33.7 Å². The molecule has 4 rings (SSSR count). The standard InChI is InChI=1S/C24H21N3O3/c1-30-24(29)22(14-19-15-25-20-8-4-5-9-21(20)26-19)27-23(28)13-16-10-11-17-6-2-3-7-18(17)12-16/h2-12,15,22H,13-14H2,1H3,(H,27,28)/t22-/m1/s1. The fraction of sp³-hybridized carbons (Fsp3) is 0.167. The predicted octanol–water partition coefficient (Wildman–Crippen LogP) is 3.23. The van der Waals surface area contributed by atoms with E-state index in [-0.39, 0.29) is 18.7 Å². The van der Waals surface area contributed by atoms with Gasteiger partial charge in [-0.05, 0) is 28.5 Å². The number of nitrogens with one attached hydrogen (secondary N) is 1. The van der Waals surface area contributed by atoms with E-state index in [9.17, 15) is 9.59 Å². The van der Waals surface area contributed by atoms with E-state index in [2.05, 4.69) is 15.3 Å². The number of ether oxygens (including phenoxy) is 1. The molecule has 30 heavy (non-hydrogen) atoms. The molecule has 1 aromatic heterocycles. The Balaban J connectivity index is 1.48. The first-order chi connectivity index (χ1) is 14.6. The zero-order valence-corrected chi connectivity index (χ0v) is 16.5. The Morgan fingerprint density at radius 3 is 2.50 bits per heavy atom. The topological polar surface area (TPSA) is 81.2 Å². The van der Waals surface area contributed by atoms with Crippen molar-refractivity contribution in [2.45, 2.75) is 18.9 Å². The van der Waals surface area contributed by atoms with Gasteiger partial charge in [-0.2, -0.15) is 0 Å². The van der Waals surface area contributed by atoms with Crippen molar-refractivity contribution in [2.24, 2.45) is 0 Å². The molecular formula is C24H21N3O3. The van der Waals surface area contributed by atoms with Crippen molar-refractivity contribution in [1.82, 2.24) is 15.3 Å². The van der Waals surface area contributed by atoms with Crippen LogP contribution in [0.25, 0.3) is 21.8 Å². The molecule has 1 N–H and O–H groups in total. The minimum Gasteiger partial charge on any atom is -0.467 e. The summed E-state index contributed by atoms with van der Waals surface area (Å²) in [6.45, 7) is 0. The molecule has 0 spiro atoms. The first-order valence-electron chi connectivity index (χ1n) is 9.68. The molecule has 6 nitrogen and oxygen atoms in total. The highest BCUT2D eigenvalue weighted by Gasteiger charge is 2.23. The summed E-state index contributed by atoms with van der Waals surface area (Å²) in [7, 11) is 1.30. The summed E-state index contributed by atoms with van der Waals surface area (Å²) in [6, 6.07) is 20.5. The average Bonchev–Trinajstić information content (AvgIpc) is 2.78. The first kappa shape index (κ1) is 19.5.